The van der Waals surface area contributed by atoms with Crippen LogP contribution in [0.15, 0.2) is 42.5 Å². The molecular formula is C13H10Cl2N2O. The van der Waals surface area contributed by atoms with Crippen molar-refractivity contribution >= 4 is 40.5 Å². The van der Waals surface area contributed by atoms with Crippen LogP contribution in [0.25, 0.3) is 0 Å². The fourth-order valence-electron chi connectivity index (χ4n) is 1.48. The molecule has 2 rings (SSSR count). The van der Waals surface area contributed by atoms with Crippen molar-refractivity contribution in [3.05, 3.63) is 58.1 Å². The van der Waals surface area contributed by atoms with Gasteiger partial charge in [0.1, 0.15) is 0 Å². The maximum absolute atomic E-state index is 12.0. The van der Waals surface area contributed by atoms with E-state index in [1.54, 1.807) is 42.5 Å². The number of nitrogen functional groups attached to an aromatic ring is 1. The first-order valence-corrected chi connectivity index (χ1v) is 5.94. The van der Waals surface area contributed by atoms with Crippen molar-refractivity contribution in [2.75, 3.05) is 11.1 Å². The van der Waals surface area contributed by atoms with E-state index in [-0.39, 0.29) is 5.91 Å². The summed E-state index contributed by atoms with van der Waals surface area (Å²) in [7, 11) is 0. The van der Waals surface area contributed by atoms with Crippen LogP contribution in [0, 0.1) is 0 Å². The Morgan fingerprint density at radius 1 is 1.11 bits per heavy atom. The van der Waals surface area contributed by atoms with Gasteiger partial charge in [-0.05, 0) is 30.3 Å². The standard InChI is InChI=1S/C13H10Cl2N2O/c14-8-5-6-12(11(16)7-8)17-13(18)9-3-1-2-4-10(9)15/h1-7H,16H2,(H,17,18). The molecule has 18 heavy (non-hydrogen) atoms. The fourth-order valence-corrected chi connectivity index (χ4v) is 1.88. The van der Waals surface area contributed by atoms with Crippen LogP contribution in [0.3, 0.4) is 0 Å². The van der Waals surface area contributed by atoms with Gasteiger partial charge in [-0.25, -0.2) is 0 Å². The van der Waals surface area contributed by atoms with Crippen LogP contribution in [-0.4, -0.2) is 5.91 Å². The molecule has 2 aromatic rings. The van der Waals surface area contributed by atoms with E-state index in [4.69, 9.17) is 28.9 Å². The molecule has 92 valence electrons. The van der Waals surface area contributed by atoms with Crippen molar-refractivity contribution in [2.45, 2.75) is 0 Å². The lowest BCUT2D eigenvalue weighted by molar-refractivity contribution is 0.102. The number of rotatable bonds is 2. The Labute approximate surface area is 115 Å². The molecule has 5 heteroatoms. The molecule has 1 amide bonds. The lowest BCUT2D eigenvalue weighted by Crippen LogP contribution is -2.13. The molecule has 3 nitrogen and oxygen atoms in total. The van der Waals surface area contributed by atoms with Gasteiger partial charge in [-0.2, -0.15) is 0 Å². The number of hydrogen-bond acceptors (Lipinski definition) is 2. The van der Waals surface area contributed by atoms with Crippen molar-refractivity contribution < 1.29 is 4.79 Å². The first-order valence-electron chi connectivity index (χ1n) is 5.19. The molecule has 0 heterocycles. The monoisotopic (exact) mass is 280 g/mol. The van der Waals surface area contributed by atoms with E-state index in [2.05, 4.69) is 5.32 Å². The first-order chi connectivity index (χ1) is 8.58. The van der Waals surface area contributed by atoms with Crippen molar-refractivity contribution in [3.8, 4) is 0 Å². The highest BCUT2D eigenvalue weighted by molar-refractivity contribution is 6.34. The second-order valence-corrected chi connectivity index (χ2v) is 4.51. The third-order valence-electron chi connectivity index (χ3n) is 2.38. The smallest absolute Gasteiger partial charge is 0.257 e. The van der Waals surface area contributed by atoms with Crippen LogP contribution in [0.5, 0.6) is 0 Å². The van der Waals surface area contributed by atoms with Crippen molar-refractivity contribution in [1.29, 1.82) is 0 Å². The molecule has 0 radical (unpaired) electrons. The summed E-state index contributed by atoms with van der Waals surface area (Å²) < 4.78 is 0. The molecule has 0 bridgehead atoms. The van der Waals surface area contributed by atoms with Gasteiger partial charge in [-0.3, -0.25) is 4.79 Å². The third kappa shape index (κ3) is 2.75. The van der Waals surface area contributed by atoms with Crippen molar-refractivity contribution in [1.82, 2.24) is 0 Å². The molecule has 0 saturated heterocycles. The van der Waals surface area contributed by atoms with Gasteiger partial charge in [-0.1, -0.05) is 35.3 Å². The van der Waals surface area contributed by atoms with Crippen LogP contribution in [-0.2, 0) is 0 Å². The minimum Gasteiger partial charge on any atom is -0.397 e. The molecule has 0 atom stereocenters. The summed E-state index contributed by atoms with van der Waals surface area (Å²) in [5.41, 5.74) is 7.06. The van der Waals surface area contributed by atoms with Crippen LogP contribution < -0.4 is 11.1 Å². The molecule has 0 fully saturated rings. The van der Waals surface area contributed by atoms with E-state index in [0.29, 0.717) is 27.0 Å². The zero-order valence-electron chi connectivity index (χ0n) is 9.28. The lowest BCUT2D eigenvalue weighted by Gasteiger charge is -2.09. The maximum atomic E-state index is 12.0. The minimum absolute atomic E-state index is 0.311. The summed E-state index contributed by atoms with van der Waals surface area (Å²) in [5.74, 6) is -0.311. The average Bonchev–Trinajstić information content (AvgIpc) is 2.33. The molecule has 0 saturated carbocycles. The number of carbonyl (C=O) groups excluding carboxylic acids is 1. The fraction of sp³-hybridized carbons (Fsp3) is 0. The summed E-state index contributed by atoms with van der Waals surface area (Å²) >= 11 is 11.7. The van der Waals surface area contributed by atoms with Gasteiger partial charge < -0.3 is 11.1 Å². The largest absolute Gasteiger partial charge is 0.397 e. The quantitative estimate of drug-likeness (QED) is 0.822. The number of amides is 1. The lowest BCUT2D eigenvalue weighted by atomic mass is 10.2. The van der Waals surface area contributed by atoms with Gasteiger partial charge in [0.15, 0.2) is 0 Å². The summed E-state index contributed by atoms with van der Waals surface area (Å²) in [4.78, 5) is 12.0. The van der Waals surface area contributed by atoms with E-state index in [9.17, 15) is 4.79 Å². The molecule has 0 spiro atoms. The van der Waals surface area contributed by atoms with E-state index in [0.717, 1.165) is 0 Å². The number of benzene rings is 2. The number of anilines is 2. The molecule has 3 N–H and O–H groups in total. The number of nitrogens with two attached hydrogens (primary N) is 1. The molecule has 0 unspecified atom stereocenters. The van der Waals surface area contributed by atoms with Gasteiger partial charge in [-0.15, -0.1) is 0 Å². The first kappa shape index (κ1) is 12.7. The Balaban J connectivity index is 2.24. The normalized spacial score (nSPS) is 10.1. The van der Waals surface area contributed by atoms with E-state index in [1.165, 1.54) is 0 Å². The second-order valence-electron chi connectivity index (χ2n) is 3.67. The van der Waals surface area contributed by atoms with Crippen LogP contribution in [0.1, 0.15) is 10.4 Å². The highest BCUT2D eigenvalue weighted by atomic mass is 35.5. The Morgan fingerprint density at radius 3 is 2.50 bits per heavy atom. The zero-order chi connectivity index (χ0) is 13.1. The second kappa shape index (κ2) is 5.29. The molecule has 0 aromatic heterocycles. The van der Waals surface area contributed by atoms with Gasteiger partial charge in [0.2, 0.25) is 0 Å². The summed E-state index contributed by atoms with van der Waals surface area (Å²) in [5, 5.41) is 3.60. The van der Waals surface area contributed by atoms with E-state index in [1.807, 2.05) is 0 Å². The zero-order valence-corrected chi connectivity index (χ0v) is 10.8. The minimum atomic E-state index is -0.311. The maximum Gasteiger partial charge on any atom is 0.257 e. The van der Waals surface area contributed by atoms with Gasteiger partial charge >= 0.3 is 0 Å². The number of halogens is 2. The SMILES string of the molecule is Nc1cc(Cl)ccc1NC(=O)c1ccccc1Cl. The highest BCUT2D eigenvalue weighted by Gasteiger charge is 2.11. The molecular weight excluding hydrogens is 271 g/mol. The van der Waals surface area contributed by atoms with E-state index < -0.39 is 0 Å². The van der Waals surface area contributed by atoms with Gasteiger partial charge in [0.05, 0.1) is 22.0 Å². The topological polar surface area (TPSA) is 55.1 Å². The summed E-state index contributed by atoms with van der Waals surface area (Å²) in [6, 6.07) is 11.7. The summed E-state index contributed by atoms with van der Waals surface area (Å²) in [6.07, 6.45) is 0. The van der Waals surface area contributed by atoms with E-state index >= 15 is 0 Å². The summed E-state index contributed by atoms with van der Waals surface area (Å²) in [6.45, 7) is 0. The van der Waals surface area contributed by atoms with Crippen LogP contribution >= 0.6 is 23.2 Å². The Hall–Kier alpha value is -1.71. The van der Waals surface area contributed by atoms with Crippen molar-refractivity contribution in [3.63, 3.8) is 0 Å². The Kier molecular flexibility index (Phi) is 3.75. The average molecular weight is 281 g/mol. The predicted octanol–water partition coefficient (Wildman–Crippen LogP) is 3.83. The number of nitrogens with one attached hydrogen (secondary N) is 1. The predicted molar refractivity (Wildman–Crippen MR) is 75.3 cm³/mol. The third-order valence-corrected chi connectivity index (χ3v) is 2.94. The molecule has 0 aliphatic heterocycles. The van der Waals surface area contributed by atoms with Gasteiger partial charge in [0.25, 0.3) is 5.91 Å². The van der Waals surface area contributed by atoms with Crippen molar-refractivity contribution in [2.24, 2.45) is 0 Å². The van der Waals surface area contributed by atoms with Crippen LogP contribution in [0.4, 0.5) is 11.4 Å². The Morgan fingerprint density at radius 2 is 1.83 bits per heavy atom. The molecule has 0 aliphatic rings. The highest BCUT2D eigenvalue weighted by Crippen LogP contribution is 2.24. The molecule has 0 aliphatic carbocycles. The molecule has 2 aromatic carbocycles. The van der Waals surface area contributed by atoms with Gasteiger partial charge in [0, 0.05) is 5.02 Å². The number of hydrogen-bond donors (Lipinski definition) is 2. The van der Waals surface area contributed by atoms with Crippen LogP contribution in [0.2, 0.25) is 10.0 Å². The Bertz CT molecular complexity index is 599. The number of carbonyl (C=O) groups is 1.